The number of aryl methyl sites for hydroxylation is 1. The molecule has 1 aliphatic carbocycles. The van der Waals surface area contributed by atoms with Crippen LogP contribution < -0.4 is 22.1 Å². The van der Waals surface area contributed by atoms with Crippen molar-refractivity contribution >= 4 is 5.96 Å². The van der Waals surface area contributed by atoms with E-state index in [-0.39, 0.29) is 5.70 Å². The number of hydrogen-bond donors (Lipinski definition) is 4. The molecule has 1 heterocycles. The molecule has 0 radical (unpaired) electrons. The van der Waals surface area contributed by atoms with Gasteiger partial charge in [0.15, 0.2) is 11.6 Å². The standard InChI is InChI=1S/C21H32N6O2/c1-15-2-4-16(5-3-15)10-11-24-20-25-14-19(27(28)29)21(23,26-20)12-17-6-8-18(13-22)9-7-17/h2-5,14,17-18H,6-13,22-23H2,1H3,(H2,24,25,26). The number of nitrogens with two attached hydrogens (primary N) is 2. The van der Waals surface area contributed by atoms with Crippen LogP contribution in [0.25, 0.3) is 0 Å². The van der Waals surface area contributed by atoms with Crippen molar-refractivity contribution in [3.05, 3.63) is 57.4 Å². The topological polar surface area (TPSA) is 132 Å². The van der Waals surface area contributed by atoms with E-state index < -0.39 is 10.6 Å². The summed E-state index contributed by atoms with van der Waals surface area (Å²) in [5, 5.41) is 17.6. The van der Waals surface area contributed by atoms with E-state index in [9.17, 15) is 10.1 Å². The molecule has 0 bridgehead atoms. The number of nitrogens with zero attached hydrogens (tertiary/aromatic N) is 2. The third-order valence-corrected chi connectivity index (χ3v) is 6.04. The highest BCUT2D eigenvalue weighted by Crippen LogP contribution is 2.34. The van der Waals surface area contributed by atoms with Crippen molar-refractivity contribution in [2.24, 2.45) is 28.3 Å². The highest BCUT2D eigenvalue weighted by molar-refractivity contribution is 5.83. The van der Waals surface area contributed by atoms with E-state index >= 15 is 0 Å². The second-order valence-corrected chi connectivity index (χ2v) is 8.32. The molecule has 3 rings (SSSR count). The van der Waals surface area contributed by atoms with Gasteiger partial charge in [-0.1, -0.05) is 29.8 Å². The number of guanidine groups is 1. The average Bonchev–Trinajstić information content (AvgIpc) is 2.69. The second-order valence-electron chi connectivity index (χ2n) is 8.32. The van der Waals surface area contributed by atoms with E-state index in [0.29, 0.717) is 37.3 Å². The number of rotatable bonds is 7. The second kappa shape index (κ2) is 9.37. The van der Waals surface area contributed by atoms with Gasteiger partial charge in [-0.3, -0.25) is 20.8 Å². The first-order chi connectivity index (χ1) is 13.9. The molecule has 1 aromatic rings. The summed E-state index contributed by atoms with van der Waals surface area (Å²) >= 11 is 0. The first-order valence-electron chi connectivity index (χ1n) is 10.4. The van der Waals surface area contributed by atoms with Crippen LogP contribution in [0.3, 0.4) is 0 Å². The van der Waals surface area contributed by atoms with Crippen LogP contribution in [0.4, 0.5) is 0 Å². The lowest BCUT2D eigenvalue weighted by atomic mass is 9.77. The van der Waals surface area contributed by atoms with E-state index in [0.717, 1.165) is 32.1 Å². The van der Waals surface area contributed by atoms with E-state index in [1.165, 1.54) is 17.3 Å². The average molecular weight is 401 g/mol. The van der Waals surface area contributed by atoms with Crippen molar-refractivity contribution in [3.63, 3.8) is 0 Å². The van der Waals surface area contributed by atoms with Gasteiger partial charge in [0.2, 0.25) is 0 Å². The maximum atomic E-state index is 11.6. The summed E-state index contributed by atoms with van der Waals surface area (Å²) < 4.78 is 0. The predicted octanol–water partition coefficient (Wildman–Crippen LogP) is 2.01. The van der Waals surface area contributed by atoms with Crippen LogP contribution in [0.15, 0.2) is 41.2 Å². The minimum absolute atomic E-state index is 0.0454. The van der Waals surface area contributed by atoms with Gasteiger partial charge in [-0.15, -0.1) is 0 Å². The Balaban J connectivity index is 1.64. The van der Waals surface area contributed by atoms with E-state index in [1.807, 2.05) is 0 Å². The third-order valence-electron chi connectivity index (χ3n) is 6.04. The Labute approximate surface area is 172 Å². The maximum absolute atomic E-state index is 11.6. The number of nitro groups is 1. The quantitative estimate of drug-likeness (QED) is 0.409. The number of benzene rings is 1. The Bertz CT molecular complexity index is 768. The molecule has 1 saturated carbocycles. The van der Waals surface area contributed by atoms with Crippen LogP contribution >= 0.6 is 0 Å². The zero-order valence-electron chi connectivity index (χ0n) is 17.1. The maximum Gasteiger partial charge on any atom is 0.301 e. The summed E-state index contributed by atoms with van der Waals surface area (Å²) in [6.45, 7) is 3.33. The van der Waals surface area contributed by atoms with Gasteiger partial charge in [-0.25, -0.2) is 0 Å². The summed E-state index contributed by atoms with van der Waals surface area (Å²) in [5.41, 5.74) is 13.5. The summed E-state index contributed by atoms with van der Waals surface area (Å²) in [4.78, 5) is 15.7. The molecule has 1 atom stereocenters. The largest absolute Gasteiger partial charge is 0.330 e. The Morgan fingerprint density at radius 1 is 1.21 bits per heavy atom. The van der Waals surface area contributed by atoms with Gasteiger partial charge in [0.1, 0.15) is 0 Å². The van der Waals surface area contributed by atoms with Gasteiger partial charge >= 0.3 is 5.70 Å². The van der Waals surface area contributed by atoms with Gasteiger partial charge in [0.05, 0.1) is 11.1 Å². The molecular weight excluding hydrogens is 368 g/mol. The molecule has 0 aromatic heterocycles. The molecule has 29 heavy (non-hydrogen) atoms. The molecule has 0 saturated heterocycles. The molecular formula is C21H32N6O2. The first-order valence-corrected chi connectivity index (χ1v) is 10.4. The first kappa shape index (κ1) is 21.3. The molecule has 1 fully saturated rings. The van der Waals surface area contributed by atoms with E-state index in [2.05, 4.69) is 46.8 Å². The summed E-state index contributed by atoms with van der Waals surface area (Å²) in [6.07, 6.45) is 6.80. The SMILES string of the molecule is Cc1ccc(CCN=C2NC=C([N+](=O)[O-])C(N)(CC3CCC(CN)CC3)N2)cc1. The number of hydrogen-bond acceptors (Lipinski definition) is 5. The molecule has 1 aromatic carbocycles. The smallest absolute Gasteiger partial charge is 0.301 e. The van der Waals surface area contributed by atoms with Crippen molar-refractivity contribution in [2.45, 2.75) is 51.1 Å². The van der Waals surface area contributed by atoms with E-state index in [1.54, 1.807) is 0 Å². The molecule has 1 unspecified atom stereocenters. The van der Waals surface area contributed by atoms with Gasteiger partial charge in [0.25, 0.3) is 0 Å². The Kier molecular flexibility index (Phi) is 6.87. The fourth-order valence-electron chi connectivity index (χ4n) is 4.21. The van der Waals surface area contributed by atoms with Gasteiger partial charge < -0.3 is 16.4 Å². The third kappa shape index (κ3) is 5.55. The monoisotopic (exact) mass is 400 g/mol. The molecule has 2 aliphatic rings. The lowest BCUT2D eigenvalue weighted by Crippen LogP contribution is -2.64. The minimum atomic E-state index is -1.22. The molecule has 6 N–H and O–H groups in total. The molecule has 0 spiro atoms. The van der Waals surface area contributed by atoms with Crippen LogP contribution in [0.5, 0.6) is 0 Å². The van der Waals surface area contributed by atoms with Crippen LogP contribution in [-0.2, 0) is 6.42 Å². The normalized spacial score (nSPS) is 28.4. The van der Waals surface area contributed by atoms with Crippen molar-refractivity contribution in [2.75, 3.05) is 13.1 Å². The number of nitrogens with one attached hydrogen (secondary N) is 2. The predicted molar refractivity (Wildman–Crippen MR) is 115 cm³/mol. The van der Waals surface area contributed by atoms with Crippen molar-refractivity contribution in [1.29, 1.82) is 0 Å². The lowest BCUT2D eigenvalue weighted by Gasteiger charge is -2.37. The van der Waals surface area contributed by atoms with Gasteiger partial charge in [-0.05, 0) is 69.4 Å². The Morgan fingerprint density at radius 2 is 1.86 bits per heavy atom. The van der Waals surface area contributed by atoms with Crippen molar-refractivity contribution < 1.29 is 4.92 Å². The lowest BCUT2D eigenvalue weighted by molar-refractivity contribution is -0.437. The molecule has 0 amide bonds. The molecule has 1 aliphatic heterocycles. The molecule has 8 nitrogen and oxygen atoms in total. The Morgan fingerprint density at radius 3 is 2.48 bits per heavy atom. The van der Waals surface area contributed by atoms with Crippen LogP contribution in [0.2, 0.25) is 0 Å². The zero-order valence-corrected chi connectivity index (χ0v) is 17.1. The minimum Gasteiger partial charge on any atom is -0.330 e. The van der Waals surface area contributed by atoms with Crippen molar-refractivity contribution in [3.8, 4) is 0 Å². The molecule has 8 heteroatoms. The molecule has 158 valence electrons. The summed E-state index contributed by atoms with van der Waals surface area (Å²) in [6, 6.07) is 8.34. The fraction of sp³-hybridized carbons (Fsp3) is 0.571. The van der Waals surface area contributed by atoms with E-state index in [4.69, 9.17) is 11.5 Å². The van der Waals surface area contributed by atoms with Crippen LogP contribution in [0.1, 0.15) is 43.2 Å². The zero-order chi connectivity index (χ0) is 20.9. The van der Waals surface area contributed by atoms with Crippen molar-refractivity contribution in [1.82, 2.24) is 10.6 Å². The summed E-state index contributed by atoms with van der Waals surface area (Å²) in [5.74, 6) is 1.39. The number of aliphatic imine (C=N–C) groups is 1. The van der Waals surface area contributed by atoms with Crippen LogP contribution in [-0.4, -0.2) is 29.6 Å². The van der Waals surface area contributed by atoms with Crippen LogP contribution in [0, 0.1) is 28.9 Å². The highest BCUT2D eigenvalue weighted by Gasteiger charge is 2.44. The highest BCUT2D eigenvalue weighted by atomic mass is 16.6. The summed E-state index contributed by atoms with van der Waals surface area (Å²) in [7, 11) is 0. The van der Waals surface area contributed by atoms with Gasteiger partial charge in [0, 0.05) is 6.54 Å². The Hall–Kier alpha value is -2.45. The fourth-order valence-corrected chi connectivity index (χ4v) is 4.21. The van der Waals surface area contributed by atoms with Gasteiger partial charge in [-0.2, -0.15) is 0 Å².